The van der Waals surface area contributed by atoms with Gasteiger partial charge in [0, 0.05) is 28.9 Å². The molecule has 138 valence electrons. The summed E-state index contributed by atoms with van der Waals surface area (Å²) in [6.45, 7) is 8.38. The summed E-state index contributed by atoms with van der Waals surface area (Å²) in [6, 6.07) is 17.7. The maximum absolute atomic E-state index is 11.8. The van der Waals surface area contributed by atoms with Gasteiger partial charge >= 0.3 is 5.97 Å². The number of carbonyl (C=O) groups is 1. The van der Waals surface area contributed by atoms with Crippen molar-refractivity contribution in [1.82, 2.24) is 4.57 Å². The molecule has 0 saturated heterocycles. The number of nitrogens with zero attached hydrogens (tertiary/aromatic N) is 2. The third kappa shape index (κ3) is 4.17. The highest BCUT2D eigenvalue weighted by Crippen LogP contribution is 2.21. The smallest absolute Gasteiger partial charge is 0.338 e. The Bertz CT molecular complexity index is 982. The first-order chi connectivity index (χ1) is 13.0. The van der Waals surface area contributed by atoms with Gasteiger partial charge in [-0.05, 0) is 75.7 Å². The summed E-state index contributed by atoms with van der Waals surface area (Å²) in [7, 11) is 0. The highest BCUT2D eigenvalue weighted by molar-refractivity contribution is 5.89. The first kappa shape index (κ1) is 18.6. The highest BCUT2D eigenvalue weighted by Gasteiger charge is 2.11. The van der Waals surface area contributed by atoms with Crippen molar-refractivity contribution in [3.63, 3.8) is 0 Å². The number of aromatic nitrogens is 1. The van der Waals surface area contributed by atoms with Crippen molar-refractivity contribution in [2.24, 2.45) is 4.99 Å². The van der Waals surface area contributed by atoms with Crippen LogP contribution in [0.2, 0.25) is 0 Å². The van der Waals surface area contributed by atoms with E-state index in [0.29, 0.717) is 12.2 Å². The van der Waals surface area contributed by atoms with Gasteiger partial charge in [-0.3, -0.25) is 4.99 Å². The Labute approximate surface area is 160 Å². The molecule has 3 rings (SSSR count). The van der Waals surface area contributed by atoms with Crippen molar-refractivity contribution in [3.8, 4) is 5.69 Å². The summed E-state index contributed by atoms with van der Waals surface area (Å²) >= 11 is 0. The van der Waals surface area contributed by atoms with Crippen LogP contribution >= 0.6 is 0 Å². The fourth-order valence-electron chi connectivity index (χ4n) is 3.13. The van der Waals surface area contributed by atoms with E-state index in [0.717, 1.165) is 28.3 Å². The second-order valence-corrected chi connectivity index (χ2v) is 6.53. The van der Waals surface area contributed by atoms with E-state index in [-0.39, 0.29) is 5.97 Å². The lowest BCUT2D eigenvalue weighted by Crippen LogP contribution is -2.05. The molecular formula is C23H24N2O2. The topological polar surface area (TPSA) is 43.6 Å². The number of benzene rings is 2. The minimum atomic E-state index is -0.295. The van der Waals surface area contributed by atoms with Gasteiger partial charge in [-0.15, -0.1) is 0 Å². The molecule has 3 aromatic rings. The third-order valence-electron chi connectivity index (χ3n) is 4.46. The van der Waals surface area contributed by atoms with E-state index in [9.17, 15) is 4.79 Å². The Morgan fingerprint density at radius 1 is 1.07 bits per heavy atom. The molecule has 0 spiro atoms. The van der Waals surface area contributed by atoms with Crippen molar-refractivity contribution in [1.29, 1.82) is 0 Å². The fourth-order valence-corrected chi connectivity index (χ4v) is 3.13. The maximum Gasteiger partial charge on any atom is 0.338 e. The largest absolute Gasteiger partial charge is 0.462 e. The van der Waals surface area contributed by atoms with E-state index in [1.54, 1.807) is 19.1 Å². The van der Waals surface area contributed by atoms with Crippen LogP contribution in [0.5, 0.6) is 0 Å². The lowest BCUT2D eigenvalue weighted by atomic mass is 10.2. The van der Waals surface area contributed by atoms with Crippen molar-refractivity contribution in [3.05, 3.63) is 82.7 Å². The Kier molecular flexibility index (Phi) is 5.55. The van der Waals surface area contributed by atoms with Crippen LogP contribution in [0, 0.1) is 20.8 Å². The summed E-state index contributed by atoms with van der Waals surface area (Å²) in [5, 5.41) is 0. The standard InChI is InChI=1S/C23H24N2O2/c1-5-27-23(26)19-9-11-22(12-10-19)25-17(3)14-20(18(25)4)15-24-21-8-6-7-16(2)13-21/h6-15H,5H2,1-4H3. The molecule has 0 atom stereocenters. The first-order valence-electron chi connectivity index (χ1n) is 9.07. The molecule has 0 aliphatic heterocycles. The van der Waals surface area contributed by atoms with Crippen molar-refractivity contribution in [2.45, 2.75) is 27.7 Å². The summed E-state index contributed by atoms with van der Waals surface area (Å²) in [4.78, 5) is 16.4. The molecule has 0 fully saturated rings. The van der Waals surface area contributed by atoms with E-state index in [4.69, 9.17) is 4.74 Å². The highest BCUT2D eigenvalue weighted by atomic mass is 16.5. The van der Waals surface area contributed by atoms with Crippen LogP contribution in [-0.2, 0) is 4.74 Å². The quantitative estimate of drug-likeness (QED) is 0.456. The van der Waals surface area contributed by atoms with Crippen molar-refractivity contribution >= 4 is 17.9 Å². The van der Waals surface area contributed by atoms with Crippen LogP contribution < -0.4 is 0 Å². The van der Waals surface area contributed by atoms with Gasteiger partial charge < -0.3 is 9.30 Å². The SMILES string of the molecule is CCOC(=O)c1ccc(-n2c(C)cc(C=Nc3cccc(C)c3)c2C)cc1. The average molecular weight is 360 g/mol. The van der Waals surface area contributed by atoms with Gasteiger partial charge in [0.1, 0.15) is 0 Å². The van der Waals surface area contributed by atoms with Gasteiger partial charge in [0.25, 0.3) is 0 Å². The predicted molar refractivity (Wildman–Crippen MR) is 110 cm³/mol. The van der Waals surface area contributed by atoms with Crippen molar-refractivity contribution in [2.75, 3.05) is 6.61 Å². The maximum atomic E-state index is 11.8. The lowest BCUT2D eigenvalue weighted by Gasteiger charge is -2.10. The second kappa shape index (κ2) is 8.04. The zero-order chi connectivity index (χ0) is 19.4. The monoisotopic (exact) mass is 360 g/mol. The third-order valence-corrected chi connectivity index (χ3v) is 4.46. The molecule has 0 N–H and O–H groups in total. The second-order valence-electron chi connectivity index (χ2n) is 6.53. The molecule has 0 aliphatic carbocycles. The normalized spacial score (nSPS) is 11.1. The fraction of sp³-hybridized carbons (Fsp3) is 0.217. The number of ether oxygens (including phenoxy) is 1. The zero-order valence-electron chi connectivity index (χ0n) is 16.2. The molecule has 2 aromatic carbocycles. The van der Waals surface area contributed by atoms with E-state index in [1.807, 2.05) is 30.5 Å². The van der Waals surface area contributed by atoms with Gasteiger partial charge in [-0.1, -0.05) is 12.1 Å². The molecule has 0 aliphatic rings. The Balaban J connectivity index is 1.88. The van der Waals surface area contributed by atoms with E-state index in [1.165, 1.54) is 5.56 Å². The molecular weight excluding hydrogens is 336 g/mol. The van der Waals surface area contributed by atoms with Gasteiger partial charge in [0.15, 0.2) is 0 Å². The molecule has 1 aromatic heterocycles. The molecule has 4 heteroatoms. The number of aliphatic imine (C=N–C) groups is 1. The molecule has 0 radical (unpaired) electrons. The summed E-state index contributed by atoms with van der Waals surface area (Å²) < 4.78 is 7.20. The number of esters is 1. The Morgan fingerprint density at radius 3 is 2.48 bits per heavy atom. The average Bonchev–Trinajstić information content (AvgIpc) is 2.94. The zero-order valence-corrected chi connectivity index (χ0v) is 16.2. The van der Waals surface area contributed by atoms with E-state index < -0.39 is 0 Å². The molecule has 0 saturated carbocycles. The molecule has 27 heavy (non-hydrogen) atoms. The van der Waals surface area contributed by atoms with Gasteiger partial charge in [-0.2, -0.15) is 0 Å². The predicted octanol–water partition coefficient (Wildman–Crippen LogP) is 5.33. The van der Waals surface area contributed by atoms with Crippen LogP contribution in [-0.4, -0.2) is 23.4 Å². The Hall–Kier alpha value is -3.14. The number of carbonyl (C=O) groups excluding carboxylic acids is 1. The number of rotatable bonds is 5. The van der Waals surface area contributed by atoms with Crippen LogP contribution in [0.15, 0.2) is 59.6 Å². The van der Waals surface area contributed by atoms with Crippen LogP contribution in [0.4, 0.5) is 5.69 Å². The number of hydrogen-bond acceptors (Lipinski definition) is 3. The van der Waals surface area contributed by atoms with E-state index >= 15 is 0 Å². The summed E-state index contributed by atoms with van der Waals surface area (Å²) in [5.41, 5.74) is 6.99. The van der Waals surface area contributed by atoms with Crippen LogP contribution in [0.1, 0.15) is 39.8 Å². The molecule has 1 heterocycles. The van der Waals surface area contributed by atoms with Crippen LogP contribution in [0.25, 0.3) is 5.69 Å². The summed E-state index contributed by atoms with van der Waals surface area (Å²) in [6.07, 6.45) is 1.90. The van der Waals surface area contributed by atoms with Crippen LogP contribution in [0.3, 0.4) is 0 Å². The van der Waals surface area contributed by atoms with Gasteiger partial charge in [0.2, 0.25) is 0 Å². The molecule has 0 bridgehead atoms. The Morgan fingerprint density at radius 2 is 1.81 bits per heavy atom. The molecule has 0 unspecified atom stereocenters. The van der Waals surface area contributed by atoms with Crippen molar-refractivity contribution < 1.29 is 9.53 Å². The number of aryl methyl sites for hydroxylation is 2. The van der Waals surface area contributed by atoms with E-state index in [2.05, 4.69) is 48.5 Å². The minimum Gasteiger partial charge on any atom is -0.462 e. The molecule has 0 amide bonds. The lowest BCUT2D eigenvalue weighted by molar-refractivity contribution is 0.0526. The summed E-state index contributed by atoms with van der Waals surface area (Å²) in [5.74, 6) is -0.295. The first-order valence-corrected chi connectivity index (χ1v) is 9.07. The minimum absolute atomic E-state index is 0.295. The number of hydrogen-bond donors (Lipinski definition) is 0. The molecule has 4 nitrogen and oxygen atoms in total. The van der Waals surface area contributed by atoms with Gasteiger partial charge in [0.05, 0.1) is 17.9 Å². The van der Waals surface area contributed by atoms with Gasteiger partial charge in [-0.25, -0.2) is 4.79 Å².